The number of hydrogen-bond acceptors (Lipinski definition) is 6. The van der Waals surface area contributed by atoms with Crippen LogP contribution in [-0.4, -0.2) is 60.8 Å². The highest BCUT2D eigenvalue weighted by molar-refractivity contribution is 5.59. The third-order valence-corrected chi connectivity index (χ3v) is 3.72. The van der Waals surface area contributed by atoms with Gasteiger partial charge in [0.2, 0.25) is 0 Å². The predicted octanol–water partition coefficient (Wildman–Crippen LogP) is 1.77. The lowest BCUT2D eigenvalue weighted by atomic mass is 10.0. The summed E-state index contributed by atoms with van der Waals surface area (Å²) >= 11 is 0. The van der Waals surface area contributed by atoms with Crippen molar-refractivity contribution in [2.75, 3.05) is 50.5 Å². The van der Waals surface area contributed by atoms with Crippen LogP contribution in [0.25, 0.3) is 0 Å². The molecule has 118 valence electrons. The molecule has 1 aliphatic rings. The molecule has 1 aliphatic heterocycles. The Labute approximate surface area is 127 Å². The summed E-state index contributed by atoms with van der Waals surface area (Å²) in [6, 6.07) is 0.334. The summed E-state index contributed by atoms with van der Waals surface area (Å²) in [5, 5.41) is 6.69. The molecule has 6 heteroatoms. The van der Waals surface area contributed by atoms with Crippen molar-refractivity contribution in [1.29, 1.82) is 0 Å². The van der Waals surface area contributed by atoms with Gasteiger partial charge in [-0.15, -0.1) is 0 Å². The van der Waals surface area contributed by atoms with Crippen LogP contribution in [-0.2, 0) is 4.74 Å². The van der Waals surface area contributed by atoms with Gasteiger partial charge in [0.15, 0.2) is 0 Å². The van der Waals surface area contributed by atoms with E-state index in [0.717, 1.165) is 50.0 Å². The molecule has 1 aromatic heterocycles. The highest BCUT2D eigenvalue weighted by atomic mass is 16.5. The van der Waals surface area contributed by atoms with E-state index >= 15 is 0 Å². The monoisotopic (exact) mass is 293 g/mol. The Morgan fingerprint density at radius 2 is 1.86 bits per heavy atom. The van der Waals surface area contributed by atoms with Crippen LogP contribution in [0.15, 0.2) is 6.33 Å². The van der Waals surface area contributed by atoms with Gasteiger partial charge in [-0.05, 0) is 12.8 Å². The summed E-state index contributed by atoms with van der Waals surface area (Å²) in [6.45, 7) is 11.2. The SMILES string of the molecule is CNc1ncnc(NC(C)CN2CCOCC2)c1C(C)C. The largest absolute Gasteiger partial charge is 0.379 e. The summed E-state index contributed by atoms with van der Waals surface area (Å²) < 4.78 is 5.39. The van der Waals surface area contributed by atoms with Gasteiger partial charge < -0.3 is 15.4 Å². The molecule has 0 radical (unpaired) electrons. The molecule has 2 heterocycles. The van der Waals surface area contributed by atoms with Gasteiger partial charge in [0.1, 0.15) is 18.0 Å². The zero-order chi connectivity index (χ0) is 15.2. The van der Waals surface area contributed by atoms with E-state index in [1.165, 1.54) is 0 Å². The van der Waals surface area contributed by atoms with Crippen LogP contribution in [0.2, 0.25) is 0 Å². The molecule has 2 rings (SSSR count). The molecule has 2 N–H and O–H groups in total. The van der Waals surface area contributed by atoms with E-state index in [2.05, 4.69) is 46.3 Å². The Morgan fingerprint density at radius 1 is 1.19 bits per heavy atom. The molecule has 6 nitrogen and oxygen atoms in total. The number of nitrogens with one attached hydrogen (secondary N) is 2. The fourth-order valence-corrected chi connectivity index (χ4v) is 2.71. The van der Waals surface area contributed by atoms with E-state index in [4.69, 9.17) is 4.74 Å². The molecule has 0 saturated carbocycles. The van der Waals surface area contributed by atoms with Crippen molar-refractivity contribution in [3.8, 4) is 0 Å². The summed E-state index contributed by atoms with van der Waals surface area (Å²) in [5.41, 5.74) is 1.15. The first-order valence-corrected chi connectivity index (χ1v) is 7.71. The molecule has 1 saturated heterocycles. The standard InChI is InChI=1S/C15H27N5O/c1-11(2)13-14(16-4)17-10-18-15(13)19-12(3)9-20-5-7-21-8-6-20/h10-12H,5-9H2,1-4H3,(H2,16,17,18,19). The maximum atomic E-state index is 5.39. The molecule has 0 spiro atoms. The third-order valence-electron chi connectivity index (χ3n) is 3.72. The second-order valence-corrected chi connectivity index (χ2v) is 5.85. The maximum absolute atomic E-state index is 5.39. The first-order valence-electron chi connectivity index (χ1n) is 7.71. The number of rotatable bonds is 6. The molecule has 1 unspecified atom stereocenters. The Balaban J connectivity index is 2.04. The van der Waals surface area contributed by atoms with Gasteiger partial charge in [-0.3, -0.25) is 4.90 Å². The number of ether oxygens (including phenoxy) is 1. The maximum Gasteiger partial charge on any atom is 0.135 e. The fraction of sp³-hybridized carbons (Fsp3) is 0.733. The second-order valence-electron chi connectivity index (χ2n) is 5.85. The van der Waals surface area contributed by atoms with Crippen molar-refractivity contribution >= 4 is 11.6 Å². The predicted molar refractivity (Wildman–Crippen MR) is 86.0 cm³/mol. The lowest BCUT2D eigenvalue weighted by Crippen LogP contribution is -2.42. The van der Waals surface area contributed by atoms with Gasteiger partial charge in [-0.1, -0.05) is 13.8 Å². The van der Waals surface area contributed by atoms with Crippen LogP contribution in [0.5, 0.6) is 0 Å². The molecule has 21 heavy (non-hydrogen) atoms. The van der Waals surface area contributed by atoms with E-state index in [-0.39, 0.29) is 0 Å². The minimum Gasteiger partial charge on any atom is -0.379 e. The molecule has 1 aromatic rings. The van der Waals surface area contributed by atoms with Crippen LogP contribution in [0.3, 0.4) is 0 Å². The number of anilines is 2. The molecule has 0 aromatic carbocycles. The molecule has 0 bridgehead atoms. The first-order chi connectivity index (χ1) is 10.1. The Morgan fingerprint density at radius 3 is 2.48 bits per heavy atom. The third kappa shape index (κ3) is 4.28. The lowest BCUT2D eigenvalue weighted by molar-refractivity contribution is 0.0368. The second kappa shape index (κ2) is 7.56. The average Bonchev–Trinajstić information content (AvgIpc) is 2.47. The molecule has 1 atom stereocenters. The van der Waals surface area contributed by atoms with Crippen LogP contribution >= 0.6 is 0 Å². The van der Waals surface area contributed by atoms with Crippen molar-refractivity contribution in [1.82, 2.24) is 14.9 Å². The lowest BCUT2D eigenvalue weighted by Gasteiger charge is -2.30. The number of aromatic nitrogens is 2. The van der Waals surface area contributed by atoms with Gasteiger partial charge in [0, 0.05) is 38.3 Å². The van der Waals surface area contributed by atoms with Crippen molar-refractivity contribution in [3.05, 3.63) is 11.9 Å². The van der Waals surface area contributed by atoms with E-state index < -0.39 is 0 Å². The number of morpholine rings is 1. The summed E-state index contributed by atoms with van der Waals surface area (Å²) in [5.74, 6) is 2.21. The minimum absolute atomic E-state index is 0.334. The van der Waals surface area contributed by atoms with Crippen LogP contribution in [0, 0.1) is 0 Å². The Kier molecular flexibility index (Phi) is 5.76. The van der Waals surface area contributed by atoms with Crippen LogP contribution in [0.4, 0.5) is 11.6 Å². The summed E-state index contributed by atoms with van der Waals surface area (Å²) in [7, 11) is 1.90. The van der Waals surface area contributed by atoms with Gasteiger partial charge in [-0.2, -0.15) is 0 Å². The van der Waals surface area contributed by atoms with Crippen LogP contribution in [0.1, 0.15) is 32.3 Å². The van der Waals surface area contributed by atoms with Gasteiger partial charge in [0.05, 0.1) is 13.2 Å². The average molecular weight is 293 g/mol. The van der Waals surface area contributed by atoms with E-state index in [1.54, 1.807) is 6.33 Å². The number of nitrogens with zero attached hydrogens (tertiary/aromatic N) is 3. The minimum atomic E-state index is 0.334. The zero-order valence-electron chi connectivity index (χ0n) is 13.5. The molecular weight excluding hydrogens is 266 g/mol. The first kappa shape index (κ1) is 16.0. The van der Waals surface area contributed by atoms with Crippen molar-refractivity contribution < 1.29 is 4.74 Å². The van der Waals surface area contributed by atoms with Crippen LogP contribution < -0.4 is 10.6 Å². The normalized spacial score (nSPS) is 17.8. The Bertz CT molecular complexity index is 446. The highest BCUT2D eigenvalue weighted by Crippen LogP contribution is 2.28. The molecular formula is C15H27N5O. The van der Waals surface area contributed by atoms with E-state index in [9.17, 15) is 0 Å². The van der Waals surface area contributed by atoms with E-state index in [1.807, 2.05) is 7.05 Å². The van der Waals surface area contributed by atoms with Gasteiger partial charge >= 0.3 is 0 Å². The fourth-order valence-electron chi connectivity index (χ4n) is 2.71. The summed E-state index contributed by atoms with van der Waals surface area (Å²) in [6.07, 6.45) is 1.61. The Hall–Kier alpha value is -1.40. The molecule has 0 aliphatic carbocycles. The van der Waals surface area contributed by atoms with E-state index in [0.29, 0.717) is 12.0 Å². The summed E-state index contributed by atoms with van der Waals surface area (Å²) in [4.78, 5) is 11.2. The highest BCUT2D eigenvalue weighted by Gasteiger charge is 2.18. The molecule has 0 amide bonds. The number of hydrogen-bond donors (Lipinski definition) is 2. The van der Waals surface area contributed by atoms with Gasteiger partial charge in [0.25, 0.3) is 0 Å². The smallest absolute Gasteiger partial charge is 0.135 e. The van der Waals surface area contributed by atoms with Crippen molar-refractivity contribution in [2.24, 2.45) is 0 Å². The quantitative estimate of drug-likeness (QED) is 0.833. The van der Waals surface area contributed by atoms with Crippen molar-refractivity contribution in [2.45, 2.75) is 32.7 Å². The van der Waals surface area contributed by atoms with Gasteiger partial charge in [-0.25, -0.2) is 9.97 Å². The zero-order valence-corrected chi connectivity index (χ0v) is 13.5. The van der Waals surface area contributed by atoms with Crippen molar-refractivity contribution in [3.63, 3.8) is 0 Å². The molecule has 1 fully saturated rings. The topological polar surface area (TPSA) is 62.3 Å².